The zero-order valence-electron chi connectivity index (χ0n) is 8.60. The molecule has 6 heteroatoms. The third kappa shape index (κ3) is 2.28. The molecule has 1 aromatic heterocycles. The Labute approximate surface area is 107 Å². The lowest BCUT2D eigenvalue weighted by Crippen LogP contribution is -2.04. The van der Waals surface area contributed by atoms with Crippen LogP contribution in [0.25, 0.3) is 10.2 Å². The summed E-state index contributed by atoms with van der Waals surface area (Å²) >= 11 is 4.58. The molecule has 0 saturated carbocycles. The number of aromatic nitrogens is 1. The first kappa shape index (κ1) is 12.0. The Morgan fingerprint density at radius 2 is 2.19 bits per heavy atom. The Balaban J connectivity index is 2.55. The third-order valence-electron chi connectivity index (χ3n) is 2.07. The van der Waals surface area contributed by atoms with Crippen LogP contribution in [0.5, 0.6) is 0 Å². The van der Waals surface area contributed by atoms with E-state index in [0.29, 0.717) is 6.42 Å². The van der Waals surface area contributed by atoms with Gasteiger partial charge in [-0.25, -0.2) is 13.4 Å². The largest absolute Gasteiger partial charge is 0.225 e. The van der Waals surface area contributed by atoms with Gasteiger partial charge in [-0.2, -0.15) is 0 Å². The van der Waals surface area contributed by atoms with Gasteiger partial charge in [-0.3, -0.25) is 0 Å². The van der Waals surface area contributed by atoms with Crippen molar-refractivity contribution in [3.05, 3.63) is 22.7 Å². The Bertz CT molecular complexity index is 619. The highest BCUT2D eigenvalue weighted by Gasteiger charge is 2.18. The minimum absolute atomic E-state index is 0.161. The normalized spacial score (nSPS) is 12.1. The lowest BCUT2D eigenvalue weighted by molar-refractivity contribution is 0.594. The highest BCUT2D eigenvalue weighted by Crippen LogP contribution is 2.28. The summed E-state index contributed by atoms with van der Waals surface area (Å²) in [5.41, 5.74) is 0.739. The Kier molecular flexibility index (Phi) is 3.32. The first-order valence-electron chi connectivity index (χ1n) is 4.82. The van der Waals surface area contributed by atoms with Crippen molar-refractivity contribution in [3.63, 3.8) is 0 Å². The lowest BCUT2D eigenvalue weighted by atomic mass is 10.3. The summed E-state index contributed by atoms with van der Waals surface area (Å²) in [6, 6.07) is 5.57. The molecule has 0 N–H and O–H groups in total. The maximum absolute atomic E-state index is 11.8. The van der Waals surface area contributed by atoms with Gasteiger partial charge in [0.1, 0.15) is 0 Å². The van der Waals surface area contributed by atoms with Crippen molar-refractivity contribution in [2.45, 2.75) is 17.7 Å². The van der Waals surface area contributed by atoms with Crippen LogP contribution in [0.2, 0.25) is 0 Å². The molecular weight excluding hydrogens is 310 g/mol. The predicted molar refractivity (Wildman–Crippen MR) is 69.7 cm³/mol. The molecule has 0 amide bonds. The maximum Gasteiger partial charge on any atom is 0.210 e. The smallest absolute Gasteiger partial charge is 0.210 e. The predicted octanol–water partition coefficient (Wildman–Crippen LogP) is 3.24. The molecule has 0 aliphatic rings. The lowest BCUT2D eigenvalue weighted by Gasteiger charge is -1.95. The van der Waals surface area contributed by atoms with E-state index in [1.54, 1.807) is 0 Å². The number of rotatable bonds is 3. The van der Waals surface area contributed by atoms with Crippen LogP contribution >= 0.6 is 27.3 Å². The van der Waals surface area contributed by atoms with Crippen LogP contribution in [0.4, 0.5) is 0 Å². The number of hydrogen-bond donors (Lipinski definition) is 0. The molecule has 16 heavy (non-hydrogen) atoms. The monoisotopic (exact) mass is 319 g/mol. The fraction of sp³-hybridized carbons (Fsp3) is 0.300. The molecule has 0 bridgehead atoms. The number of thiazole rings is 1. The van der Waals surface area contributed by atoms with Gasteiger partial charge in [-0.1, -0.05) is 22.9 Å². The molecule has 0 unspecified atom stereocenters. The molecule has 2 rings (SSSR count). The van der Waals surface area contributed by atoms with Crippen LogP contribution in [-0.4, -0.2) is 19.2 Å². The van der Waals surface area contributed by atoms with Gasteiger partial charge in [0.15, 0.2) is 0 Å². The molecule has 86 valence electrons. The molecule has 0 aliphatic heterocycles. The second-order valence-corrected chi connectivity index (χ2v) is 7.64. The molecule has 0 spiro atoms. The molecule has 0 aliphatic carbocycles. The highest BCUT2D eigenvalue weighted by molar-refractivity contribution is 9.10. The van der Waals surface area contributed by atoms with E-state index in [1.165, 1.54) is 11.3 Å². The minimum Gasteiger partial charge on any atom is -0.225 e. The average Bonchev–Trinajstić information content (AvgIpc) is 2.61. The number of hydrogen-bond acceptors (Lipinski definition) is 4. The fourth-order valence-electron chi connectivity index (χ4n) is 1.37. The van der Waals surface area contributed by atoms with Gasteiger partial charge in [0, 0.05) is 4.47 Å². The second-order valence-electron chi connectivity index (χ2n) is 3.41. The number of benzene rings is 1. The van der Waals surface area contributed by atoms with E-state index in [2.05, 4.69) is 20.9 Å². The molecule has 0 atom stereocenters. The standard InChI is InChI=1S/C10H10BrNO2S2/c1-2-5-16(13,14)10-12-8-4-3-7(11)6-9(8)15-10/h3-4,6H,2,5H2,1H3. The zero-order chi connectivity index (χ0) is 11.8. The van der Waals surface area contributed by atoms with Crippen LogP contribution in [-0.2, 0) is 9.84 Å². The summed E-state index contributed by atoms with van der Waals surface area (Å²) in [6.45, 7) is 1.85. The van der Waals surface area contributed by atoms with Gasteiger partial charge in [-0.05, 0) is 24.6 Å². The number of fused-ring (bicyclic) bond motifs is 1. The third-order valence-corrected chi connectivity index (χ3v) is 5.96. The van der Waals surface area contributed by atoms with Gasteiger partial charge in [0.05, 0.1) is 16.0 Å². The van der Waals surface area contributed by atoms with Crippen LogP contribution in [0.3, 0.4) is 0 Å². The number of nitrogens with zero attached hydrogens (tertiary/aromatic N) is 1. The van der Waals surface area contributed by atoms with Crippen molar-refractivity contribution in [2.24, 2.45) is 0 Å². The van der Waals surface area contributed by atoms with Crippen molar-refractivity contribution in [1.29, 1.82) is 0 Å². The van der Waals surface area contributed by atoms with Crippen LogP contribution < -0.4 is 0 Å². The molecule has 1 heterocycles. The summed E-state index contributed by atoms with van der Waals surface area (Å²) < 4.78 is 25.7. The zero-order valence-corrected chi connectivity index (χ0v) is 11.8. The molecule has 0 fully saturated rings. The number of sulfone groups is 1. The first-order valence-corrected chi connectivity index (χ1v) is 8.08. The molecular formula is C10H10BrNO2S2. The Morgan fingerprint density at radius 1 is 1.44 bits per heavy atom. The average molecular weight is 320 g/mol. The van der Waals surface area contributed by atoms with E-state index in [1.807, 2.05) is 25.1 Å². The van der Waals surface area contributed by atoms with Gasteiger partial charge in [0.25, 0.3) is 0 Å². The van der Waals surface area contributed by atoms with Gasteiger partial charge >= 0.3 is 0 Å². The summed E-state index contributed by atoms with van der Waals surface area (Å²) in [5.74, 6) is 0.161. The SMILES string of the molecule is CCCS(=O)(=O)c1nc2ccc(Br)cc2s1. The van der Waals surface area contributed by atoms with Crippen LogP contribution in [0, 0.1) is 0 Å². The van der Waals surface area contributed by atoms with Crippen molar-refractivity contribution < 1.29 is 8.42 Å². The minimum atomic E-state index is -3.19. The molecule has 0 saturated heterocycles. The van der Waals surface area contributed by atoms with Crippen molar-refractivity contribution in [2.75, 3.05) is 5.75 Å². The van der Waals surface area contributed by atoms with Crippen molar-refractivity contribution in [3.8, 4) is 0 Å². The van der Waals surface area contributed by atoms with Crippen molar-refractivity contribution >= 4 is 47.3 Å². The Hall–Kier alpha value is -0.460. The van der Waals surface area contributed by atoms with E-state index < -0.39 is 9.84 Å². The van der Waals surface area contributed by atoms with Crippen LogP contribution in [0.1, 0.15) is 13.3 Å². The van der Waals surface area contributed by atoms with Crippen molar-refractivity contribution in [1.82, 2.24) is 4.98 Å². The first-order chi connectivity index (χ1) is 7.53. The molecule has 0 radical (unpaired) electrons. The molecule has 1 aromatic carbocycles. The summed E-state index contributed by atoms with van der Waals surface area (Å²) in [6.07, 6.45) is 0.613. The van der Waals surface area contributed by atoms with Gasteiger partial charge in [-0.15, -0.1) is 11.3 Å². The van der Waals surface area contributed by atoms with E-state index >= 15 is 0 Å². The van der Waals surface area contributed by atoms with Crippen LogP contribution in [0.15, 0.2) is 27.0 Å². The summed E-state index contributed by atoms with van der Waals surface area (Å²) in [4.78, 5) is 4.15. The quantitative estimate of drug-likeness (QED) is 0.872. The highest BCUT2D eigenvalue weighted by atomic mass is 79.9. The van der Waals surface area contributed by atoms with E-state index in [-0.39, 0.29) is 10.1 Å². The summed E-state index contributed by atoms with van der Waals surface area (Å²) in [5, 5.41) is 0. The van der Waals surface area contributed by atoms with E-state index in [0.717, 1.165) is 14.7 Å². The maximum atomic E-state index is 11.8. The molecule has 3 nitrogen and oxygen atoms in total. The van der Waals surface area contributed by atoms with Gasteiger partial charge in [0.2, 0.25) is 14.2 Å². The summed E-state index contributed by atoms with van der Waals surface area (Å²) in [7, 11) is -3.19. The fourth-order valence-corrected chi connectivity index (χ4v) is 4.59. The van der Waals surface area contributed by atoms with E-state index in [4.69, 9.17) is 0 Å². The second kappa shape index (κ2) is 4.43. The van der Waals surface area contributed by atoms with Gasteiger partial charge < -0.3 is 0 Å². The molecule has 2 aromatic rings. The topological polar surface area (TPSA) is 47.0 Å². The number of halogens is 1. The van der Waals surface area contributed by atoms with E-state index in [9.17, 15) is 8.42 Å². The Morgan fingerprint density at radius 3 is 2.88 bits per heavy atom.